The Kier molecular flexibility index (Phi) is 4.91. The molecule has 3 rings (SSSR count). The zero-order chi connectivity index (χ0) is 14.5. The van der Waals surface area contributed by atoms with Crippen LogP contribution in [0.1, 0.15) is 61.6 Å². The molecular formula is C18H26N2O. The van der Waals surface area contributed by atoms with Gasteiger partial charge in [0.15, 0.2) is 0 Å². The van der Waals surface area contributed by atoms with Crippen LogP contribution in [0.5, 0.6) is 0 Å². The molecule has 1 aromatic rings. The Morgan fingerprint density at radius 1 is 1.05 bits per heavy atom. The van der Waals surface area contributed by atoms with Gasteiger partial charge < -0.3 is 10.6 Å². The summed E-state index contributed by atoms with van der Waals surface area (Å²) in [5.41, 5.74) is 3.99. The lowest BCUT2D eigenvalue weighted by molar-refractivity contribution is -0.125. The number of carbonyl (C=O) groups excluding carboxylic acids is 1. The van der Waals surface area contributed by atoms with Gasteiger partial charge in [0, 0.05) is 25.6 Å². The van der Waals surface area contributed by atoms with Gasteiger partial charge in [-0.2, -0.15) is 0 Å². The highest BCUT2D eigenvalue weighted by Gasteiger charge is 2.19. The van der Waals surface area contributed by atoms with E-state index < -0.39 is 0 Å². The Morgan fingerprint density at radius 3 is 2.57 bits per heavy atom. The van der Waals surface area contributed by atoms with Crippen LogP contribution in [0.15, 0.2) is 18.2 Å². The third-order valence-corrected chi connectivity index (χ3v) is 4.84. The van der Waals surface area contributed by atoms with Crippen molar-refractivity contribution in [3.8, 4) is 0 Å². The minimum absolute atomic E-state index is 0.237. The molecule has 0 unspecified atom stereocenters. The van der Waals surface area contributed by atoms with E-state index in [1.165, 1.54) is 48.8 Å². The second-order valence-electron chi connectivity index (χ2n) is 6.47. The smallest absolute Gasteiger partial charge is 0.223 e. The zero-order valence-electron chi connectivity index (χ0n) is 12.8. The second-order valence-corrected chi connectivity index (χ2v) is 6.47. The number of fused-ring (bicyclic) bond motifs is 1. The Balaban J connectivity index is 1.52. The van der Waals surface area contributed by atoms with Crippen molar-refractivity contribution in [1.82, 2.24) is 10.6 Å². The first-order valence-electron chi connectivity index (χ1n) is 8.42. The van der Waals surface area contributed by atoms with E-state index in [-0.39, 0.29) is 11.8 Å². The monoisotopic (exact) mass is 286 g/mol. The molecule has 1 aliphatic heterocycles. The molecule has 1 aliphatic carbocycles. The van der Waals surface area contributed by atoms with E-state index in [9.17, 15) is 4.79 Å². The summed E-state index contributed by atoms with van der Waals surface area (Å²) < 4.78 is 0. The normalized spacial score (nSPS) is 19.6. The van der Waals surface area contributed by atoms with E-state index >= 15 is 0 Å². The molecule has 1 saturated carbocycles. The van der Waals surface area contributed by atoms with Gasteiger partial charge in [0.05, 0.1) is 0 Å². The van der Waals surface area contributed by atoms with Crippen LogP contribution in [0.3, 0.4) is 0 Å². The Morgan fingerprint density at radius 2 is 1.76 bits per heavy atom. The molecule has 0 atom stereocenters. The molecule has 0 aromatic heterocycles. The Labute approximate surface area is 127 Å². The summed E-state index contributed by atoms with van der Waals surface area (Å²) in [6, 6.07) is 6.56. The van der Waals surface area contributed by atoms with Crippen molar-refractivity contribution in [2.24, 2.45) is 5.92 Å². The van der Waals surface area contributed by atoms with E-state index in [4.69, 9.17) is 0 Å². The minimum atomic E-state index is 0.237. The summed E-state index contributed by atoms with van der Waals surface area (Å²) in [4.78, 5) is 12.3. The number of hydrogen-bond acceptors (Lipinski definition) is 2. The van der Waals surface area contributed by atoms with Crippen LogP contribution in [0.4, 0.5) is 0 Å². The van der Waals surface area contributed by atoms with Crippen LogP contribution in [0.2, 0.25) is 0 Å². The number of hydrogen-bond donors (Lipinski definition) is 2. The fourth-order valence-electron chi connectivity index (χ4n) is 3.51. The summed E-state index contributed by atoms with van der Waals surface area (Å²) in [6.07, 6.45) is 8.49. The van der Waals surface area contributed by atoms with Crippen molar-refractivity contribution in [1.29, 1.82) is 0 Å². The summed E-state index contributed by atoms with van der Waals surface area (Å²) in [6.45, 7) is 2.60. The average molecular weight is 286 g/mol. The summed E-state index contributed by atoms with van der Waals surface area (Å²) >= 11 is 0. The van der Waals surface area contributed by atoms with Crippen molar-refractivity contribution in [3.05, 3.63) is 34.9 Å². The quantitative estimate of drug-likeness (QED) is 0.895. The maximum absolute atomic E-state index is 12.3. The minimum Gasteiger partial charge on any atom is -0.352 e. The molecule has 2 N–H and O–H groups in total. The molecule has 3 heteroatoms. The van der Waals surface area contributed by atoms with Gasteiger partial charge in [-0.3, -0.25) is 4.79 Å². The lowest BCUT2D eigenvalue weighted by Crippen LogP contribution is -2.30. The summed E-state index contributed by atoms with van der Waals surface area (Å²) in [5.74, 6) is 0.497. The first-order chi connectivity index (χ1) is 10.3. The number of nitrogens with one attached hydrogen (secondary N) is 2. The standard InChI is InChI=1S/C18H26N2O/c21-18(15-6-4-2-1-3-5-7-15)20-11-14-8-9-16-12-19-13-17(16)10-14/h8-10,15,19H,1-7,11-13H2,(H,20,21). The molecule has 1 amide bonds. The molecule has 0 bridgehead atoms. The van der Waals surface area contributed by atoms with Gasteiger partial charge in [0.1, 0.15) is 0 Å². The van der Waals surface area contributed by atoms with E-state index in [1.807, 2.05) is 0 Å². The zero-order valence-corrected chi connectivity index (χ0v) is 12.8. The van der Waals surface area contributed by atoms with Crippen molar-refractivity contribution in [3.63, 3.8) is 0 Å². The molecule has 21 heavy (non-hydrogen) atoms. The SMILES string of the molecule is O=C(NCc1ccc2c(c1)CNC2)C1CCCCCCC1. The predicted molar refractivity (Wildman–Crippen MR) is 84.6 cm³/mol. The molecule has 0 radical (unpaired) electrons. The first-order valence-corrected chi connectivity index (χ1v) is 8.42. The topological polar surface area (TPSA) is 41.1 Å². The van der Waals surface area contributed by atoms with Gasteiger partial charge in [0.25, 0.3) is 0 Å². The van der Waals surface area contributed by atoms with Gasteiger partial charge in [-0.25, -0.2) is 0 Å². The molecule has 0 spiro atoms. The fraction of sp³-hybridized carbons (Fsp3) is 0.611. The number of benzene rings is 1. The van der Waals surface area contributed by atoms with Crippen LogP contribution < -0.4 is 10.6 Å². The molecule has 114 valence electrons. The highest BCUT2D eigenvalue weighted by atomic mass is 16.1. The van der Waals surface area contributed by atoms with Gasteiger partial charge in [-0.15, -0.1) is 0 Å². The molecule has 1 heterocycles. The van der Waals surface area contributed by atoms with E-state index in [0.29, 0.717) is 6.54 Å². The van der Waals surface area contributed by atoms with E-state index in [2.05, 4.69) is 28.8 Å². The predicted octanol–water partition coefficient (Wildman–Crippen LogP) is 3.27. The second kappa shape index (κ2) is 7.08. The Hall–Kier alpha value is -1.35. The Bertz CT molecular complexity index is 490. The largest absolute Gasteiger partial charge is 0.352 e. The van der Waals surface area contributed by atoms with Crippen molar-refractivity contribution in [2.45, 2.75) is 64.6 Å². The average Bonchev–Trinajstić information content (AvgIpc) is 2.92. The van der Waals surface area contributed by atoms with Crippen molar-refractivity contribution in [2.75, 3.05) is 0 Å². The molecular weight excluding hydrogens is 260 g/mol. The summed E-state index contributed by atoms with van der Waals surface area (Å²) in [7, 11) is 0. The van der Waals surface area contributed by atoms with Gasteiger partial charge in [-0.05, 0) is 29.5 Å². The van der Waals surface area contributed by atoms with Crippen LogP contribution in [0, 0.1) is 5.92 Å². The number of rotatable bonds is 3. The first kappa shape index (κ1) is 14.6. The molecule has 1 aromatic carbocycles. The number of carbonyl (C=O) groups is 1. The van der Waals surface area contributed by atoms with Gasteiger partial charge in [-0.1, -0.05) is 50.3 Å². The van der Waals surface area contributed by atoms with Gasteiger partial charge >= 0.3 is 0 Å². The van der Waals surface area contributed by atoms with Crippen LogP contribution in [0.25, 0.3) is 0 Å². The highest BCUT2D eigenvalue weighted by Crippen LogP contribution is 2.22. The maximum atomic E-state index is 12.3. The van der Waals surface area contributed by atoms with Gasteiger partial charge in [0.2, 0.25) is 5.91 Å². The summed E-state index contributed by atoms with van der Waals surface area (Å²) in [5, 5.41) is 6.51. The van der Waals surface area contributed by atoms with Crippen LogP contribution in [-0.4, -0.2) is 5.91 Å². The van der Waals surface area contributed by atoms with E-state index in [0.717, 1.165) is 25.9 Å². The highest BCUT2D eigenvalue weighted by molar-refractivity contribution is 5.78. The van der Waals surface area contributed by atoms with Crippen molar-refractivity contribution < 1.29 is 4.79 Å². The molecule has 3 nitrogen and oxygen atoms in total. The van der Waals surface area contributed by atoms with Crippen LogP contribution in [-0.2, 0) is 24.4 Å². The third kappa shape index (κ3) is 3.85. The maximum Gasteiger partial charge on any atom is 0.223 e. The molecule has 1 fully saturated rings. The lowest BCUT2D eigenvalue weighted by Gasteiger charge is -2.19. The molecule has 0 saturated heterocycles. The van der Waals surface area contributed by atoms with E-state index in [1.54, 1.807) is 0 Å². The fourth-order valence-corrected chi connectivity index (χ4v) is 3.51. The number of amides is 1. The molecule has 2 aliphatic rings. The van der Waals surface area contributed by atoms with Crippen LogP contribution >= 0.6 is 0 Å². The van der Waals surface area contributed by atoms with Crippen molar-refractivity contribution >= 4 is 5.91 Å². The third-order valence-electron chi connectivity index (χ3n) is 4.84. The lowest BCUT2D eigenvalue weighted by atomic mass is 9.90.